The first-order chi connectivity index (χ1) is 14.1. The van der Waals surface area contributed by atoms with E-state index in [1.54, 1.807) is 12.3 Å². The fraction of sp³-hybridized carbons (Fsp3) is 0.700. The lowest BCUT2D eigenvalue weighted by Crippen LogP contribution is -2.50. The number of piperidine rings is 1. The number of nitrogens with one attached hydrogen (secondary N) is 3. The van der Waals surface area contributed by atoms with Crippen LogP contribution in [0.2, 0.25) is 0 Å². The van der Waals surface area contributed by atoms with Crippen molar-refractivity contribution >= 4 is 16.0 Å². The molecule has 29 heavy (non-hydrogen) atoms. The van der Waals surface area contributed by atoms with Crippen LogP contribution in [0.15, 0.2) is 34.4 Å². The Morgan fingerprint density at radius 3 is 2.66 bits per heavy atom. The summed E-state index contributed by atoms with van der Waals surface area (Å²) in [4.78, 5) is 11.2. The Morgan fingerprint density at radius 1 is 1.24 bits per heavy atom. The monoisotopic (exact) mass is 422 g/mol. The first-order valence-electron chi connectivity index (χ1n) is 10.8. The molecule has 0 aromatic carbocycles. The van der Waals surface area contributed by atoms with E-state index in [9.17, 15) is 8.42 Å². The molecule has 3 N–H and O–H groups in total. The van der Waals surface area contributed by atoms with Crippen LogP contribution in [0.3, 0.4) is 0 Å². The van der Waals surface area contributed by atoms with E-state index >= 15 is 0 Å². The Morgan fingerprint density at radius 2 is 2.00 bits per heavy atom. The number of pyridine rings is 1. The molecule has 1 saturated heterocycles. The molecule has 0 spiro atoms. The summed E-state index contributed by atoms with van der Waals surface area (Å²) >= 11 is 0. The summed E-state index contributed by atoms with van der Waals surface area (Å²) in [6.07, 6.45) is 10.6. The summed E-state index contributed by atoms with van der Waals surface area (Å²) in [6.45, 7) is 5.71. The molecular weight excluding hydrogens is 388 g/mol. The van der Waals surface area contributed by atoms with Gasteiger partial charge in [-0.05, 0) is 44.7 Å². The van der Waals surface area contributed by atoms with E-state index in [1.807, 2.05) is 6.92 Å². The van der Waals surface area contributed by atoms with Crippen molar-refractivity contribution < 1.29 is 8.42 Å². The Labute approximate surface area is 174 Å². The molecule has 162 valence electrons. The third-order valence-electron chi connectivity index (χ3n) is 5.67. The maximum Gasteiger partial charge on any atom is 0.242 e. The minimum atomic E-state index is -3.54. The molecule has 1 aromatic rings. The highest BCUT2D eigenvalue weighted by Crippen LogP contribution is 2.26. The van der Waals surface area contributed by atoms with E-state index in [-0.39, 0.29) is 11.4 Å². The average Bonchev–Trinajstić information content (AvgIpc) is 3.27. The van der Waals surface area contributed by atoms with Crippen LogP contribution in [-0.4, -0.2) is 69.1 Å². The molecule has 0 bridgehead atoms. The van der Waals surface area contributed by atoms with Gasteiger partial charge in [-0.2, -0.15) is 0 Å². The van der Waals surface area contributed by atoms with Crippen molar-refractivity contribution in [3.8, 4) is 0 Å². The maximum atomic E-state index is 12.2. The van der Waals surface area contributed by atoms with Crippen LogP contribution in [0.25, 0.3) is 0 Å². The van der Waals surface area contributed by atoms with E-state index in [2.05, 4.69) is 30.2 Å². The molecule has 2 aliphatic rings. The van der Waals surface area contributed by atoms with Crippen molar-refractivity contribution in [1.29, 1.82) is 0 Å². The molecule has 0 radical (unpaired) electrons. The molecule has 0 unspecified atom stereocenters. The lowest BCUT2D eigenvalue weighted by Gasteiger charge is -2.36. The van der Waals surface area contributed by atoms with Gasteiger partial charge in [0.2, 0.25) is 10.0 Å². The van der Waals surface area contributed by atoms with Crippen molar-refractivity contribution in [2.75, 3.05) is 32.7 Å². The van der Waals surface area contributed by atoms with Crippen molar-refractivity contribution in [3.05, 3.63) is 24.5 Å². The summed E-state index contributed by atoms with van der Waals surface area (Å²) in [5.74, 6) is 0.757. The van der Waals surface area contributed by atoms with E-state index in [4.69, 9.17) is 0 Å². The number of aliphatic imine (C=N–C) groups is 1. The molecule has 0 atom stereocenters. The van der Waals surface area contributed by atoms with Crippen LogP contribution >= 0.6 is 0 Å². The fourth-order valence-electron chi connectivity index (χ4n) is 4.13. The van der Waals surface area contributed by atoms with E-state index in [0.717, 1.165) is 44.5 Å². The Hall–Kier alpha value is -1.71. The van der Waals surface area contributed by atoms with Crippen molar-refractivity contribution in [2.45, 2.75) is 62.4 Å². The molecule has 3 rings (SSSR count). The van der Waals surface area contributed by atoms with Gasteiger partial charge in [0.25, 0.3) is 0 Å². The van der Waals surface area contributed by atoms with Gasteiger partial charge in [0.15, 0.2) is 5.96 Å². The van der Waals surface area contributed by atoms with Crippen molar-refractivity contribution in [1.82, 2.24) is 25.2 Å². The predicted molar refractivity (Wildman–Crippen MR) is 115 cm³/mol. The van der Waals surface area contributed by atoms with Crippen LogP contribution in [0.4, 0.5) is 0 Å². The van der Waals surface area contributed by atoms with Gasteiger partial charge in [-0.25, -0.2) is 13.1 Å². The van der Waals surface area contributed by atoms with Crippen LogP contribution in [-0.2, 0) is 10.0 Å². The highest BCUT2D eigenvalue weighted by atomic mass is 32.2. The Kier molecular flexibility index (Phi) is 8.26. The summed E-state index contributed by atoms with van der Waals surface area (Å²) in [5, 5.41) is 6.79. The SMILES string of the molecule is CCNC(=NCCNS(=O)(=O)c1cccnc1)NC1CCN(C2CCCC2)CC1. The minimum Gasteiger partial charge on any atom is -0.357 e. The minimum absolute atomic E-state index is 0.169. The maximum absolute atomic E-state index is 12.2. The Balaban J connectivity index is 1.44. The van der Waals surface area contributed by atoms with Gasteiger partial charge in [-0.15, -0.1) is 0 Å². The zero-order chi connectivity index (χ0) is 20.5. The number of rotatable bonds is 8. The highest BCUT2D eigenvalue weighted by molar-refractivity contribution is 7.89. The van der Waals surface area contributed by atoms with Gasteiger partial charge < -0.3 is 15.5 Å². The molecule has 8 nitrogen and oxygen atoms in total. The number of guanidine groups is 1. The molecule has 9 heteroatoms. The zero-order valence-corrected chi connectivity index (χ0v) is 18.1. The third-order valence-corrected chi connectivity index (χ3v) is 7.12. The van der Waals surface area contributed by atoms with E-state index in [1.165, 1.54) is 37.9 Å². The molecule has 2 fully saturated rings. The van der Waals surface area contributed by atoms with Crippen molar-refractivity contribution in [3.63, 3.8) is 0 Å². The van der Waals surface area contributed by atoms with Crippen LogP contribution in [0.5, 0.6) is 0 Å². The molecule has 2 heterocycles. The molecule has 1 aliphatic carbocycles. The first-order valence-corrected chi connectivity index (χ1v) is 12.3. The molecular formula is C20H34N6O2S. The lowest BCUT2D eigenvalue weighted by molar-refractivity contribution is 0.150. The molecule has 0 amide bonds. The summed E-state index contributed by atoms with van der Waals surface area (Å²) in [7, 11) is -3.54. The number of hydrogen-bond donors (Lipinski definition) is 3. The number of hydrogen-bond acceptors (Lipinski definition) is 5. The predicted octanol–water partition coefficient (Wildman–Crippen LogP) is 1.32. The zero-order valence-electron chi connectivity index (χ0n) is 17.3. The fourth-order valence-corrected chi connectivity index (χ4v) is 5.11. The smallest absolute Gasteiger partial charge is 0.242 e. The Bertz CT molecular complexity index is 741. The number of sulfonamides is 1. The van der Waals surface area contributed by atoms with E-state index < -0.39 is 10.0 Å². The quantitative estimate of drug-likeness (QED) is 0.332. The second kappa shape index (κ2) is 10.9. The van der Waals surface area contributed by atoms with Crippen molar-refractivity contribution in [2.24, 2.45) is 4.99 Å². The standard InChI is InChI=1S/C20H34N6O2S/c1-2-22-20(23-12-13-24-29(27,28)19-8-5-11-21-16-19)25-17-9-14-26(15-10-17)18-6-3-4-7-18/h5,8,11,16-18,24H,2-4,6-7,9-10,12-15H2,1H3,(H2,22,23,25). The topological polar surface area (TPSA) is 98.7 Å². The van der Waals surface area contributed by atoms with Crippen LogP contribution in [0, 0.1) is 0 Å². The molecule has 1 aromatic heterocycles. The van der Waals surface area contributed by atoms with Gasteiger partial charge >= 0.3 is 0 Å². The molecule has 1 saturated carbocycles. The van der Waals surface area contributed by atoms with Gasteiger partial charge in [0.1, 0.15) is 4.90 Å². The lowest BCUT2D eigenvalue weighted by atomic mass is 10.0. The van der Waals surface area contributed by atoms with Gasteiger partial charge in [0, 0.05) is 50.7 Å². The summed E-state index contributed by atoms with van der Waals surface area (Å²) < 4.78 is 27.0. The van der Waals surface area contributed by atoms with Gasteiger partial charge in [0.05, 0.1) is 6.54 Å². The normalized spacial score (nSPS) is 20.1. The van der Waals surface area contributed by atoms with Gasteiger partial charge in [-0.3, -0.25) is 9.98 Å². The highest BCUT2D eigenvalue weighted by Gasteiger charge is 2.27. The summed E-state index contributed by atoms with van der Waals surface area (Å²) in [5.41, 5.74) is 0. The molecule has 1 aliphatic heterocycles. The number of likely N-dealkylation sites (tertiary alicyclic amines) is 1. The second-order valence-corrected chi connectivity index (χ2v) is 9.51. The van der Waals surface area contributed by atoms with Crippen LogP contribution in [0.1, 0.15) is 45.4 Å². The van der Waals surface area contributed by atoms with Crippen LogP contribution < -0.4 is 15.4 Å². The largest absolute Gasteiger partial charge is 0.357 e. The third kappa shape index (κ3) is 6.65. The summed E-state index contributed by atoms with van der Waals surface area (Å²) in [6, 6.07) is 4.35. The number of aromatic nitrogens is 1. The average molecular weight is 423 g/mol. The number of nitrogens with zero attached hydrogens (tertiary/aromatic N) is 3. The van der Waals surface area contributed by atoms with Gasteiger partial charge in [-0.1, -0.05) is 12.8 Å². The first kappa shape index (κ1) is 22.0. The van der Waals surface area contributed by atoms with E-state index in [0.29, 0.717) is 12.6 Å². The second-order valence-electron chi connectivity index (χ2n) is 7.74.